The topological polar surface area (TPSA) is 150 Å². The van der Waals surface area contributed by atoms with E-state index in [1.54, 1.807) is 6.07 Å². The van der Waals surface area contributed by atoms with Crippen LogP contribution in [0.25, 0.3) is 5.82 Å². The average Bonchev–Trinajstić information content (AvgIpc) is 3.25. The number of rotatable bonds is 5. The molecule has 0 aliphatic heterocycles. The van der Waals surface area contributed by atoms with Crippen molar-refractivity contribution in [3.8, 4) is 5.82 Å². The van der Waals surface area contributed by atoms with E-state index in [9.17, 15) is 4.79 Å². The molecule has 11 heteroatoms. The number of nitrogens with one attached hydrogen (secondary N) is 1. The van der Waals surface area contributed by atoms with Crippen LogP contribution in [0.4, 0.5) is 5.82 Å². The predicted molar refractivity (Wildman–Crippen MR) is 81.5 cm³/mol. The third-order valence-electron chi connectivity index (χ3n) is 3.09. The standard InChI is InChI=1S/C13H14N8O3/c1-7(2)10-9(13(22)17-15-5-8-3-4-23-6-8)16-20-21(10)12-11(14)18-24-19-12/h3-7H,1-2H3,(H2,14,18)(H,17,22)/b15-5-. The highest BCUT2D eigenvalue weighted by Crippen LogP contribution is 2.22. The van der Waals surface area contributed by atoms with Crippen LogP contribution in [0.15, 0.2) is 32.7 Å². The van der Waals surface area contributed by atoms with Gasteiger partial charge in [-0.2, -0.15) is 9.78 Å². The number of furan rings is 1. The molecule has 24 heavy (non-hydrogen) atoms. The normalized spacial score (nSPS) is 11.5. The molecule has 0 saturated carbocycles. The van der Waals surface area contributed by atoms with Crippen LogP contribution >= 0.6 is 0 Å². The third kappa shape index (κ3) is 2.86. The first kappa shape index (κ1) is 15.4. The maximum absolute atomic E-state index is 12.3. The average molecular weight is 330 g/mol. The Morgan fingerprint density at radius 1 is 1.46 bits per heavy atom. The summed E-state index contributed by atoms with van der Waals surface area (Å²) in [7, 11) is 0. The van der Waals surface area contributed by atoms with Crippen LogP contribution in [0, 0.1) is 0 Å². The van der Waals surface area contributed by atoms with Crippen molar-refractivity contribution in [2.45, 2.75) is 19.8 Å². The Hall–Kier alpha value is -3.50. The molecule has 0 aromatic carbocycles. The van der Waals surface area contributed by atoms with E-state index in [0.717, 1.165) is 0 Å². The number of hydrazone groups is 1. The lowest BCUT2D eigenvalue weighted by atomic mass is 10.1. The summed E-state index contributed by atoms with van der Waals surface area (Å²) in [6.45, 7) is 3.76. The van der Waals surface area contributed by atoms with Gasteiger partial charge in [-0.3, -0.25) is 4.79 Å². The van der Waals surface area contributed by atoms with Gasteiger partial charge in [-0.25, -0.2) is 10.1 Å². The molecule has 11 nitrogen and oxygen atoms in total. The number of carbonyl (C=O) groups excluding carboxylic acids is 1. The van der Waals surface area contributed by atoms with Crippen molar-refractivity contribution in [2.75, 3.05) is 5.73 Å². The zero-order valence-corrected chi connectivity index (χ0v) is 12.9. The lowest BCUT2D eigenvalue weighted by Crippen LogP contribution is -2.20. The zero-order chi connectivity index (χ0) is 17.1. The monoisotopic (exact) mass is 330 g/mol. The van der Waals surface area contributed by atoms with Gasteiger partial charge in [0.2, 0.25) is 11.6 Å². The first-order valence-corrected chi connectivity index (χ1v) is 6.97. The fourth-order valence-electron chi connectivity index (χ4n) is 2.03. The fraction of sp³-hybridized carbons (Fsp3) is 0.231. The van der Waals surface area contributed by atoms with Crippen LogP contribution in [-0.4, -0.2) is 37.4 Å². The molecule has 0 unspecified atom stereocenters. The van der Waals surface area contributed by atoms with E-state index in [0.29, 0.717) is 11.3 Å². The molecule has 3 N–H and O–H groups in total. The third-order valence-corrected chi connectivity index (χ3v) is 3.09. The molecular formula is C13H14N8O3. The van der Waals surface area contributed by atoms with E-state index >= 15 is 0 Å². The van der Waals surface area contributed by atoms with E-state index in [-0.39, 0.29) is 23.2 Å². The smallest absolute Gasteiger partial charge is 0.293 e. The number of aromatic nitrogens is 5. The van der Waals surface area contributed by atoms with E-state index < -0.39 is 5.91 Å². The molecule has 0 saturated heterocycles. The van der Waals surface area contributed by atoms with Crippen molar-refractivity contribution in [3.63, 3.8) is 0 Å². The van der Waals surface area contributed by atoms with Crippen molar-refractivity contribution in [1.29, 1.82) is 0 Å². The molecule has 3 aromatic heterocycles. The van der Waals surface area contributed by atoms with Gasteiger partial charge in [0.15, 0.2) is 5.69 Å². The quantitative estimate of drug-likeness (QED) is 0.513. The van der Waals surface area contributed by atoms with Crippen molar-refractivity contribution in [2.24, 2.45) is 5.10 Å². The summed E-state index contributed by atoms with van der Waals surface area (Å²) in [6, 6.07) is 1.70. The van der Waals surface area contributed by atoms with Crippen LogP contribution < -0.4 is 11.2 Å². The van der Waals surface area contributed by atoms with Gasteiger partial charge < -0.3 is 10.2 Å². The lowest BCUT2D eigenvalue weighted by Gasteiger charge is -2.07. The second-order valence-corrected chi connectivity index (χ2v) is 5.12. The fourth-order valence-corrected chi connectivity index (χ4v) is 2.03. The Balaban J connectivity index is 1.86. The van der Waals surface area contributed by atoms with Gasteiger partial charge in [0.25, 0.3) is 5.91 Å². The molecular weight excluding hydrogens is 316 g/mol. The predicted octanol–water partition coefficient (Wildman–Crippen LogP) is 0.713. The van der Waals surface area contributed by atoms with Crippen LogP contribution in [0.3, 0.4) is 0 Å². The van der Waals surface area contributed by atoms with Gasteiger partial charge in [0, 0.05) is 5.56 Å². The number of nitrogens with zero attached hydrogens (tertiary/aromatic N) is 6. The van der Waals surface area contributed by atoms with Gasteiger partial charge in [0.05, 0.1) is 24.4 Å². The van der Waals surface area contributed by atoms with Gasteiger partial charge in [0.1, 0.15) is 0 Å². The SMILES string of the molecule is CC(C)c1c(C(=O)N/N=C\c2ccoc2)nnn1-c1nonc1N. The minimum atomic E-state index is -0.514. The minimum absolute atomic E-state index is 0.0479. The van der Waals surface area contributed by atoms with E-state index in [4.69, 9.17) is 10.2 Å². The summed E-state index contributed by atoms with van der Waals surface area (Å²) in [6.07, 6.45) is 4.44. The maximum atomic E-state index is 12.3. The van der Waals surface area contributed by atoms with Crippen molar-refractivity contribution in [1.82, 2.24) is 30.7 Å². The summed E-state index contributed by atoms with van der Waals surface area (Å²) in [5.41, 5.74) is 9.39. The number of nitrogen functional groups attached to an aromatic ring is 1. The summed E-state index contributed by atoms with van der Waals surface area (Å²) < 4.78 is 10.8. The second-order valence-electron chi connectivity index (χ2n) is 5.12. The number of carbonyl (C=O) groups is 1. The Kier molecular flexibility index (Phi) is 4.05. The molecule has 124 valence electrons. The Bertz CT molecular complexity index is 862. The van der Waals surface area contributed by atoms with Crippen LogP contribution in [-0.2, 0) is 0 Å². The highest BCUT2D eigenvalue weighted by Gasteiger charge is 2.25. The minimum Gasteiger partial charge on any atom is -0.472 e. The molecule has 3 heterocycles. The molecule has 1 amide bonds. The Morgan fingerprint density at radius 2 is 2.29 bits per heavy atom. The number of nitrogens with two attached hydrogens (primary N) is 1. The summed E-state index contributed by atoms with van der Waals surface area (Å²) >= 11 is 0. The maximum Gasteiger partial charge on any atom is 0.293 e. The van der Waals surface area contributed by atoms with Gasteiger partial charge in [-0.05, 0) is 22.3 Å². The molecule has 0 aliphatic carbocycles. The summed E-state index contributed by atoms with van der Waals surface area (Å²) in [5.74, 6) is -0.381. The summed E-state index contributed by atoms with van der Waals surface area (Å²) in [5, 5.41) is 18.8. The number of hydrogen-bond acceptors (Lipinski definition) is 9. The number of amides is 1. The van der Waals surface area contributed by atoms with Crippen molar-refractivity contribution in [3.05, 3.63) is 35.5 Å². The van der Waals surface area contributed by atoms with Crippen LogP contribution in [0.5, 0.6) is 0 Å². The van der Waals surface area contributed by atoms with E-state index in [2.05, 4.69) is 35.8 Å². The molecule has 0 aliphatic rings. The lowest BCUT2D eigenvalue weighted by molar-refractivity contribution is 0.0948. The molecule has 0 atom stereocenters. The van der Waals surface area contributed by atoms with Crippen molar-refractivity contribution < 1.29 is 13.8 Å². The Morgan fingerprint density at radius 3 is 2.92 bits per heavy atom. The molecule has 0 bridgehead atoms. The van der Waals surface area contributed by atoms with Crippen LogP contribution in [0.2, 0.25) is 0 Å². The second kappa shape index (κ2) is 6.32. The highest BCUT2D eigenvalue weighted by atomic mass is 16.6. The van der Waals surface area contributed by atoms with E-state index in [1.165, 1.54) is 23.4 Å². The molecule has 0 fully saturated rings. The molecule has 0 spiro atoms. The van der Waals surface area contributed by atoms with Gasteiger partial charge in [-0.15, -0.1) is 5.10 Å². The summed E-state index contributed by atoms with van der Waals surface area (Å²) in [4.78, 5) is 12.3. The largest absolute Gasteiger partial charge is 0.472 e. The highest BCUT2D eigenvalue weighted by molar-refractivity contribution is 5.94. The molecule has 3 aromatic rings. The van der Waals surface area contributed by atoms with Gasteiger partial charge >= 0.3 is 0 Å². The van der Waals surface area contributed by atoms with Crippen molar-refractivity contribution >= 4 is 17.9 Å². The van der Waals surface area contributed by atoms with Gasteiger partial charge in [-0.1, -0.05) is 19.1 Å². The zero-order valence-electron chi connectivity index (χ0n) is 12.9. The van der Waals surface area contributed by atoms with Crippen LogP contribution in [0.1, 0.15) is 41.5 Å². The molecule has 0 radical (unpaired) electrons. The number of hydrogen-bond donors (Lipinski definition) is 2. The first-order valence-electron chi connectivity index (χ1n) is 6.97. The number of anilines is 1. The van der Waals surface area contributed by atoms with E-state index in [1.807, 2.05) is 13.8 Å². The first-order chi connectivity index (χ1) is 11.6. The molecule has 3 rings (SSSR count). The Labute approximate surface area is 135 Å².